The highest BCUT2D eigenvalue weighted by molar-refractivity contribution is 5.94. The van der Waals surface area contributed by atoms with Gasteiger partial charge in [0, 0.05) is 6.07 Å². The lowest BCUT2D eigenvalue weighted by atomic mass is 10.1. The zero-order valence-electron chi connectivity index (χ0n) is 6.07. The molecule has 6 nitrogen and oxygen atoms in total. The maximum absolute atomic E-state index is 10.7. The van der Waals surface area contributed by atoms with Crippen LogP contribution in [0.25, 0.3) is 0 Å². The third kappa shape index (κ3) is 0.605. The Kier molecular flexibility index (Phi) is 0.883. The van der Waals surface area contributed by atoms with Gasteiger partial charge in [-0.25, -0.2) is 4.79 Å². The predicted octanol–water partition coefficient (Wildman–Crippen LogP) is 0.757. The quantitative estimate of drug-likeness (QED) is 0.646. The van der Waals surface area contributed by atoms with Crippen molar-refractivity contribution in [2.24, 2.45) is 0 Å². The molecule has 2 aliphatic heterocycles. The van der Waals surface area contributed by atoms with Gasteiger partial charge in [0.2, 0.25) is 11.5 Å². The third-order valence-corrected chi connectivity index (χ3v) is 1.81. The van der Waals surface area contributed by atoms with Gasteiger partial charge in [-0.1, -0.05) is 0 Å². The molecule has 0 saturated heterocycles. The Balaban J connectivity index is 2.34. The van der Waals surface area contributed by atoms with E-state index in [4.69, 9.17) is 5.11 Å². The van der Waals surface area contributed by atoms with Gasteiger partial charge in [-0.3, -0.25) is 19.6 Å². The van der Waals surface area contributed by atoms with Crippen molar-refractivity contribution in [3.8, 4) is 23.0 Å². The van der Waals surface area contributed by atoms with Crippen molar-refractivity contribution >= 4 is 5.97 Å². The summed E-state index contributed by atoms with van der Waals surface area (Å²) in [5.41, 5.74) is -0.0382. The topological polar surface area (TPSA) is 74.2 Å². The lowest BCUT2D eigenvalue weighted by molar-refractivity contribution is -0.110. The van der Waals surface area contributed by atoms with Crippen LogP contribution in [0.3, 0.4) is 0 Å². The van der Waals surface area contributed by atoms with E-state index < -0.39 is 5.97 Å². The smallest absolute Gasteiger partial charge is 0.339 e. The van der Waals surface area contributed by atoms with E-state index in [-0.39, 0.29) is 22.8 Å². The van der Waals surface area contributed by atoms with Crippen molar-refractivity contribution < 1.29 is 29.5 Å². The highest BCUT2D eigenvalue weighted by Crippen LogP contribution is 2.55. The van der Waals surface area contributed by atoms with Crippen LogP contribution in [0.15, 0.2) is 6.07 Å². The number of benzene rings is 1. The first-order valence-electron chi connectivity index (χ1n) is 3.40. The van der Waals surface area contributed by atoms with Gasteiger partial charge in [-0.15, -0.1) is 0 Å². The average Bonchev–Trinajstić information content (AvgIpc) is 2.53. The van der Waals surface area contributed by atoms with E-state index in [2.05, 4.69) is 19.6 Å². The van der Waals surface area contributed by atoms with E-state index in [0.29, 0.717) is 5.75 Å². The molecule has 3 rings (SSSR count). The molecule has 66 valence electrons. The van der Waals surface area contributed by atoms with Crippen molar-refractivity contribution in [1.82, 2.24) is 0 Å². The third-order valence-electron chi connectivity index (χ3n) is 1.81. The van der Waals surface area contributed by atoms with Crippen LogP contribution in [0.4, 0.5) is 0 Å². The second kappa shape index (κ2) is 1.79. The molecule has 4 bridgehead atoms. The molecule has 0 saturated carbocycles. The molecule has 0 radical (unpaired) electrons. The van der Waals surface area contributed by atoms with Gasteiger partial charge < -0.3 is 5.11 Å². The van der Waals surface area contributed by atoms with Crippen LogP contribution in [0.1, 0.15) is 10.4 Å². The molecular weight excluding hydrogens is 180 g/mol. The molecule has 13 heavy (non-hydrogen) atoms. The summed E-state index contributed by atoms with van der Waals surface area (Å²) in [6.07, 6.45) is 0. The van der Waals surface area contributed by atoms with Crippen LogP contribution < -0.4 is 19.6 Å². The molecule has 1 aromatic carbocycles. The first-order valence-corrected chi connectivity index (χ1v) is 3.40. The first kappa shape index (κ1) is 6.41. The molecule has 0 spiro atoms. The molecule has 0 unspecified atom stereocenters. The largest absolute Gasteiger partial charge is 0.478 e. The Bertz CT molecular complexity index is 423. The molecule has 0 atom stereocenters. The van der Waals surface area contributed by atoms with Gasteiger partial charge in [0.15, 0.2) is 0 Å². The number of hydrogen-bond acceptors (Lipinski definition) is 5. The van der Waals surface area contributed by atoms with Crippen LogP contribution >= 0.6 is 0 Å². The van der Waals surface area contributed by atoms with Crippen molar-refractivity contribution in [2.45, 2.75) is 0 Å². The normalized spacial score (nSPS) is 14.2. The van der Waals surface area contributed by atoms with E-state index in [1.807, 2.05) is 0 Å². The molecule has 0 aliphatic carbocycles. The summed E-state index contributed by atoms with van der Waals surface area (Å²) in [4.78, 5) is 29.4. The predicted molar refractivity (Wildman–Crippen MR) is 35.9 cm³/mol. The van der Waals surface area contributed by atoms with Gasteiger partial charge in [-0.05, 0) is 0 Å². The van der Waals surface area contributed by atoms with E-state index in [1.54, 1.807) is 0 Å². The molecule has 0 aromatic heterocycles. The van der Waals surface area contributed by atoms with E-state index in [9.17, 15) is 4.79 Å². The van der Waals surface area contributed by atoms with E-state index in [0.717, 1.165) is 0 Å². The summed E-state index contributed by atoms with van der Waals surface area (Å²) < 4.78 is 0. The Morgan fingerprint density at radius 1 is 1.08 bits per heavy atom. The summed E-state index contributed by atoms with van der Waals surface area (Å²) >= 11 is 0. The fourth-order valence-electron chi connectivity index (χ4n) is 1.23. The highest BCUT2D eigenvalue weighted by atomic mass is 17.3. The average molecular weight is 182 g/mol. The van der Waals surface area contributed by atoms with E-state index >= 15 is 0 Å². The SMILES string of the molecule is O=C(O)c1cc2c3c(c1OO3)OO2. The van der Waals surface area contributed by atoms with Gasteiger partial charge in [-0.2, -0.15) is 0 Å². The lowest BCUT2D eigenvalue weighted by Crippen LogP contribution is -1.99. The molecule has 0 fully saturated rings. The number of aromatic carboxylic acids is 1. The molecule has 0 amide bonds. The van der Waals surface area contributed by atoms with Crippen LogP contribution in [-0.2, 0) is 0 Å². The summed E-state index contributed by atoms with van der Waals surface area (Å²) in [5.74, 6) is -0.379. The highest BCUT2D eigenvalue weighted by Gasteiger charge is 2.40. The second-order valence-electron chi connectivity index (χ2n) is 2.55. The maximum atomic E-state index is 10.7. The Morgan fingerprint density at radius 2 is 1.77 bits per heavy atom. The Hall–Kier alpha value is -2.11. The zero-order chi connectivity index (χ0) is 9.00. The summed E-state index contributed by atoms with van der Waals surface area (Å²) in [5, 5.41) is 8.75. The minimum absolute atomic E-state index is 0.0382. The standard InChI is InChI=1S/C7H2O6/c8-7(9)2-1-3-5-6(13-10-3)4(2)11-12-5/h1H,(H,8,9). The van der Waals surface area contributed by atoms with Crippen molar-refractivity contribution in [3.63, 3.8) is 0 Å². The Morgan fingerprint density at radius 3 is 2.54 bits per heavy atom. The van der Waals surface area contributed by atoms with Crippen LogP contribution in [0.2, 0.25) is 0 Å². The second-order valence-corrected chi connectivity index (χ2v) is 2.55. The number of carboxylic acid groups (broad SMARTS) is 1. The van der Waals surface area contributed by atoms with E-state index in [1.165, 1.54) is 6.07 Å². The number of carboxylic acids is 1. The van der Waals surface area contributed by atoms with Crippen LogP contribution in [0, 0.1) is 0 Å². The number of carbonyl (C=O) groups is 1. The molecule has 1 N–H and O–H groups in total. The van der Waals surface area contributed by atoms with Crippen LogP contribution in [-0.4, -0.2) is 11.1 Å². The van der Waals surface area contributed by atoms with Gasteiger partial charge in [0.1, 0.15) is 5.56 Å². The minimum atomic E-state index is -1.12. The van der Waals surface area contributed by atoms with Crippen molar-refractivity contribution in [2.75, 3.05) is 0 Å². The molecule has 6 heteroatoms. The molecular formula is C7H2O6. The first-order chi connectivity index (χ1) is 6.27. The maximum Gasteiger partial charge on any atom is 0.339 e. The molecule has 2 aliphatic rings. The summed E-state index contributed by atoms with van der Waals surface area (Å²) in [6.45, 7) is 0. The fourth-order valence-corrected chi connectivity index (χ4v) is 1.23. The monoisotopic (exact) mass is 182 g/mol. The number of hydrogen-bond donors (Lipinski definition) is 1. The van der Waals surface area contributed by atoms with Gasteiger partial charge in [0.25, 0.3) is 11.5 Å². The molecule has 1 aromatic rings. The molecule has 2 heterocycles. The van der Waals surface area contributed by atoms with Gasteiger partial charge >= 0.3 is 5.97 Å². The summed E-state index contributed by atoms with van der Waals surface area (Å²) in [7, 11) is 0. The summed E-state index contributed by atoms with van der Waals surface area (Å²) in [6, 6.07) is 1.29. The lowest BCUT2D eigenvalue weighted by Gasteiger charge is -1.95. The van der Waals surface area contributed by atoms with Crippen molar-refractivity contribution in [3.05, 3.63) is 11.6 Å². The fraction of sp³-hybridized carbons (Fsp3) is 0. The Labute approximate surface area is 71.1 Å². The zero-order valence-corrected chi connectivity index (χ0v) is 6.07. The van der Waals surface area contributed by atoms with Crippen LogP contribution in [0.5, 0.6) is 23.0 Å². The van der Waals surface area contributed by atoms with Crippen molar-refractivity contribution in [1.29, 1.82) is 0 Å². The minimum Gasteiger partial charge on any atom is -0.478 e. The number of rotatable bonds is 1. The van der Waals surface area contributed by atoms with Gasteiger partial charge in [0.05, 0.1) is 0 Å².